The van der Waals surface area contributed by atoms with Crippen molar-refractivity contribution in [2.24, 2.45) is 11.8 Å². The van der Waals surface area contributed by atoms with Crippen molar-refractivity contribution in [1.29, 1.82) is 0 Å². The highest BCUT2D eigenvalue weighted by molar-refractivity contribution is 7.89. The smallest absolute Gasteiger partial charge is 0.257 e. The van der Waals surface area contributed by atoms with Gasteiger partial charge in [0.1, 0.15) is 0 Å². The van der Waals surface area contributed by atoms with Gasteiger partial charge in [-0.3, -0.25) is 10.1 Å². The van der Waals surface area contributed by atoms with Gasteiger partial charge in [-0.25, -0.2) is 13.4 Å². The summed E-state index contributed by atoms with van der Waals surface area (Å²) in [6, 6.07) is 10.5. The number of anilines is 1. The summed E-state index contributed by atoms with van der Waals surface area (Å²) in [7, 11) is -3.62. The van der Waals surface area contributed by atoms with Gasteiger partial charge in [0.25, 0.3) is 5.91 Å². The van der Waals surface area contributed by atoms with E-state index in [1.807, 2.05) is 53.7 Å². The standard InChI is InChI=1S/C24H31N3O3S2/c1-15(2)13-27(14-16(3)4)32(29,30)20-9-10-21-22(12-20)31-24(25-21)26-23(28)19-8-7-17(5)18(6)11-19/h7-12,15-16H,13-14H2,1-6H3,(H,25,26,28). The van der Waals surface area contributed by atoms with Crippen molar-refractivity contribution in [3.63, 3.8) is 0 Å². The molecule has 0 saturated heterocycles. The predicted molar refractivity (Wildman–Crippen MR) is 132 cm³/mol. The molecule has 0 aliphatic carbocycles. The second-order valence-electron chi connectivity index (χ2n) is 9.01. The molecule has 0 spiro atoms. The highest BCUT2D eigenvalue weighted by Crippen LogP contribution is 2.30. The van der Waals surface area contributed by atoms with Crippen molar-refractivity contribution in [3.05, 3.63) is 53.1 Å². The van der Waals surface area contributed by atoms with E-state index >= 15 is 0 Å². The number of thiazole rings is 1. The molecule has 3 aromatic rings. The van der Waals surface area contributed by atoms with Gasteiger partial charge in [0.2, 0.25) is 10.0 Å². The summed E-state index contributed by atoms with van der Waals surface area (Å²) in [6.07, 6.45) is 0. The highest BCUT2D eigenvalue weighted by Gasteiger charge is 2.26. The maximum Gasteiger partial charge on any atom is 0.257 e. The van der Waals surface area contributed by atoms with Crippen LogP contribution in [0, 0.1) is 25.7 Å². The van der Waals surface area contributed by atoms with Gasteiger partial charge in [-0.1, -0.05) is 45.1 Å². The maximum absolute atomic E-state index is 13.3. The number of hydrogen-bond acceptors (Lipinski definition) is 5. The first kappa shape index (κ1) is 24.4. The molecule has 1 heterocycles. The maximum atomic E-state index is 13.3. The van der Waals surface area contributed by atoms with Gasteiger partial charge in [-0.05, 0) is 67.1 Å². The van der Waals surface area contributed by atoms with Crippen LogP contribution in [0.25, 0.3) is 10.2 Å². The molecule has 172 valence electrons. The lowest BCUT2D eigenvalue weighted by Gasteiger charge is -2.25. The Kier molecular flexibility index (Phi) is 7.37. The molecule has 6 nitrogen and oxygen atoms in total. The molecule has 32 heavy (non-hydrogen) atoms. The largest absolute Gasteiger partial charge is 0.298 e. The number of fused-ring (bicyclic) bond motifs is 1. The second-order valence-corrected chi connectivity index (χ2v) is 12.0. The number of benzene rings is 2. The number of sulfonamides is 1. The van der Waals surface area contributed by atoms with E-state index in [9.17, 15) is 13.2 Å². The van der Waals surface area contributed by atoms with Crippen molar-refractivity contribution in [1.82, 2.24) is 9.29 Å². The number of amides is 1. The van der Waals surface area contributed by atoms with E-state index in [2.05, 4.69) is 10.3 Å². The molecule has 0 aliphatic rings. The molecule has 1 amide bonds. The van der Waals surface area contributed by atoms with E-state index < -0.39 is 10.0 Å². The van der Waals surface area contributed by atoms with Crippen molar-refractivity contribution < 1.29 is 13.2 Å². The summed E-state index contributed by atoms with van der Waals surface area (Å²) in [5, 5.41) is 3.28. The number of aryl methyl sites for hydroxylation is 2. The molecule has 0 aliphatic heterocycles. The van der Waals surface area contributed by atoms with Crippen molar-refractivity contribution in [3.8, 4) is 0 Å². The summed E-state index contributed by atoms with van der Waals surface area (Å²) < 4.78 is 28.9. The van der Waals surface area contributed by atoms with Gasteiger partial charge in [-0.2, -0.15) is 4.31 Å². The molecule has 1 aromatic heterocycles. The summed E-state index contributed by atoms with van der Waals surface area (Å²) in [5.74, 6) is 0.214. The summed E-state index contributed by atoms with van der Waals surface area (Å²) in [5.41, 5.74) is 3.39. The number of nitrogens with one attached hydrogen (secondary N) is 1. The van der Waals surface area contributed by atoms with Gasteiger partial charge < -0.3 is 0 Å². The number of hydrogen-bond donors (Lipinski definition) is 1. The number of carbonyl (C=O) groups excluding carboxylic acids is 1. The zero-order valence-electron chi connectivity index (χ0n) is 19.5. The molecule has 0 unspecified atom stereocenters. The van der Waals surface area contributed by atoms with Crippen LogP contribution in [0.5, 0.6) is 0 Å². The Labute approximate surface area is 194 Å². The first-order chi connectivity index (χ1) is 15.0. The van der Waals surface area contributed by atoms with Crippen LogP contribution >= 0.6 is 11.3 Å². The molecule has 1 N–H and O–H groups in total. The van der Waals surface area contributed by atoms with Crippen molar-refractivity contribution in [2.75, 3.05) is 18.4 Å². The van der Waals surface area contributed by atoms with Gasteiger partial charge in [0, 0.05) is 18.7 Å². The average Bonchev–Trinajstić information content (AvgIpc) is 3.10. The van der Waals surface area contributed by atoms with E-state index in [-0.39, 0.29) is 22.6 Å². The van der Waals surface area contributed by atoms with Crippen LogP contribution in [0.3, 0.4) is 0 Å². The lowest BCUT2D eigenvalue weighted by Crippen LogP contribution is -2.37. The van der Waals surface area contributed by atoms with Crippen molar-refractivity contribution >= 4 is 42.6 Å². The van der Waals surface area contributed by atoms with Crippen LogP contribution in [-0.4, -0.2) is 36.7 Å². The lowest BCUT2D eigenvalue weighted by atomic mass is 10.1. The Morgan fingerprint density at radius 3 is 2.25 bits per heavy atom. The monoisotopic (exact) mass is 473 g/mol. The lowest BCUT2D eigenvalue weighted by molar-refractivity contribution is 0.102. The van der Waals surface area contributed by atoms with E-state index in [4.69, 9.17) is 0 Å². The molecule has 3 rings (SSSR count). The third-order valence-corrected chi connectivity index (χ3v) is 7.89. The Hall–Kier alpha value is -2.29. The number of carbonyl (C=O) groups is 1. The molecule has 8 heteroatoms. The Morgan fingerprint density at radius 2 is 1.66 bits per heavy atom. The van der Waals surface area contributed by atoms with Crippen LogP contribution in [0.1, 0.15) is 49.2 Å². The molecule has 0 atom stereocenters. The van der Waals surface area contributed by atoms with Gasteiger partial charge in [0.05, 0.1) is 15.1 Å². The van der Waals surface area contributed by atoms with Crippen LogP contribution in [0.2, 0.25) is 0 Å². The number of rotatable bonds is 8. The zero-order chi connectivity index (χ0) is 23.6. The fraction of sp³-hybridized carbons (Fsp3) is 0.417. The van der Waals surface area contributed by atoms with Crippen LogP contribution in [0.15, 0.2) is 41.3 Å². The minimum atomic E-state index is -3.62. The molecular formula is C24H31N3O3S2. The summed E-state index contributed by atoms with van der Waals surface area (Å²) in [4.78, 5) is 17.3. The van der Waals surface area contributed by atoms with E-state index in [1.165, 1.54) is 11.3 Å². The van der Waals surface area contributed by atoms with Gasteiger partial charge in [0.15, 0.2) is 5.13 Å². The van der Waals surface area contributed by atoms with E-state index in [1.54, 1.807) is 28.6 Å². The van der Waals surface area contributed by atoms with Gasteiger partial charge >= 0.3 is 0 Å². The average molecular weight is 474 g/mol. The first-order valence-electron chi connectivity index (χ1n) is 10.8. The molecule has 2 aromatic carbocycles. The van der Waals surface area contributed by atoms with Crippen LogP contribution in [-0.2, 0) is 10.0 Å². The number of nitrogens with zero attached hydrogens (tertiary/aromatic N) is 2. The minimum absolute atomic E-state index is 0.225. The third kappa shape index (κ3) is 5.54. The molecule has 0 bridgehead atoms. The van der Waals surface area contributed by atoms with E-state index in [0.717, 1.165) is 15.8 Å². The molecule has 0 saturated carbocycles. The predicted octanol–water partition coefficient (Wildman–Crippen LogP) is 5.47. The summed E-state index contributed by atoms with van der Waals surface area (Å²) >= 11 is 1.27. The fourth-order valence-corrected chi connectivity index (χ4v) is 6.17. The van der Waals surface area contributed by atoms with Crippen LogP contribution in [0.4, 0.5) is 5.13 Å². The number of aromatic nitrogens is 1. The summed E-state index contributed by atoms with van der Waals surface area (Å²) in [6.45, 7) is 13.0. The highest BCUT2D eigenvalue weighted by atomic mass is 32.2. The topological polar surface area (TPSA) is 79.4 Å². The zero-order valence-corrected chi connectivity index (χ0v) is 21.1. The van der Waals surface area contributed by atoms with Crippen molar-refractivity contribution in [2.45, 2.75) is 46.4 Å². The fourth-order valence-electron chi connectivity index (χ4n) is 3.41. The minimum Gasteiger partial charge on any atom is -0.298 e. The third-order valence-electron chi connectivity index (χ3n) is 5.12. The van der Waals surface area contributed by atoms with Crippen LogP contribution < -0.4 is 5.32 Å². The second kappa shape index (κ2) is 9.68. The quantitative estimate of drug-likeness (QED) is 0.471. The molecule has 0 fully saturated rings. The SMILES string of the molecule is Cc1ccc(C(=O)Nc2nc3ccc(S(=O)(=O)N(CC(C)C)CC(C)C)cc3s2)cc1C. The Morgan fingerprint density at radius 1 is 1.00 bits per heavy atom. The van der Waals surface area contributed by atoms with Gasteiger partial charge in [-0.15, -0.1) is 0 Å². The molecular weight excluding hydrogens is 442 g/mol. The Balaban J connectivity index is 1.87. The Bertz CT molecular complexity index is 1220. The first-order valence-corrected chi connectivity index (χ1v) is 13.0. The van der Waals surface area contributed by atoms with E-state index in [0.29, 0.717) is 29.3 Å². The normalized spacial score (nSPS) is 12.3. The molecule has 0 radical (unpaired) electrons.